The number of ether oxygens (including phenoxy) is 1. The van der Waals surface area contributed by atoms with Crippen molar-refractivity contribution in [3.05, 3.63) is 60.7 Å². The Morgan fingerprint density at radius 2 is 1.93 bits per heavy atom. The molecule has 0 saturated carbocycles. The molecule has 15 heavy (non-hydrogen) atoms. The third-order valence-corrected chi connectivity index (χ3v) is 1.63. The van der Waals surface area contributed by atoms with Crippen molar-refractivity contribution in [2.24, 2.45) is 0 Å². The molecule has 1 rings (SSSR count). The first kappa shape index (κ1) is 13.7. The summed E-state index contributed by atoms with van der Waals surface area (Å²) in [6.45, 7) is 9.98. The molecular weight excluding hydrogens is 184 g/mol. The summed E-state index contributed by atoms with van der Waals surface area (Å²) >= 11 is 0. The first-order valence-corrected chi connectivity index (χ1v) is 4.98. The molecular formula is C14H20O. The smallest absolute Gasteiger partial charge is 0.0641 e. The van der Waals surface area contributed by atoms with E-state index in [1.54, 1.807) is 13.2 Å². The van der Waals surface area contributed by atoms with Crippen LogP contribution in [0.3, 0.4) is 0 Å². The van der Waals surface area contributed by atoms with Crippen molar-refractivity contribution in [3.63, 3.8) is 0 Å². The van der Waals surface area contributed by atoms with Crippen molar-refractivity contribution in [2.75, 3.05) is 13.7 Å². The molecule has 0 aliphatic rings. The Kier molecular flexibility index (Phi) is 8.40. The first-order valence-electron chi connectivity index (χ1n) is 4.98. The van der Waals surface area contributed by atoms with E-state index in [1.165, 1.54) is 11.1 Å². The summed E-state index contributed by atoms with van der Waals surface area (Å²) in [4.78, 5) is 0. The van der Waals surface area contributed by atoms with E-state index in [9.17, 15) is 0 Å². The highest BCUT2D eigenvalue weighted by molar-refractivity contribution is 5.19. The maximum absolute atomic E-state index is 4.57. The first-order chi connectivity index (χ1) is 7.20. The topological polar surface area (TPSA) is 9.23 Å². The monoisotopic (exact) mass is 204 g/mol. The minimum atomic E-state index is 0.653. The largest absolute Gasteiger partial charge is 0.381 e. The minimum Gasteiger partial charge on any atom is -0.381 e. The third-order valence-electron chi connectivity index (χ3n) is 1.63. The lowest BCUT2D eigenvalue weighted by Crippen LogP contribution is -1.82. The Balaban J connectivity index is 0.000000336. The molecule has 1 aromatic carbocycles. The van der Waals surface area contributed by atoms with Crippen LogP contribution in [0, 0.1) is 0 Å². The summed E-state index contributed by atoms with van der Waals surface area (Å²) < 4.78 is 4.57. The van der Waals surface area contributed by atoms with E-state index in [-0.39, 0.29) is 0 Å². The Morgan fingerprint density at radius 3 is 2.27 bits per heavy atom. The van der Waals surface area contributed by atoms with Crippen molar-refractivity contribution in [1.82, 2.24) is 0 Å². The van der Waals surface area contributed by atoms with Crippen LogP contribution in [-0.4, -0.2) is 13.7 Å². The van der Waals surface area contributed by atoms with Crippen LogP contribution in [0.15, 0.2) is 55.1 Å². The molecule has 1 aromatic rings. The zero-order chi connectivity index (χ0) is 11.5. The van der Waals surface area contributed by atoms with E-state index in [4.69, 9.17) is 0 Å². The molecule has 0 unspecified atom stereocenters. The molecule has 0 saturated heterocycles. The van der Waals surface area contributed by atoms with Gasteiger partial charge in [-0.1, -0.05) is 48.6 Å². The second kappa shape index (κ2) is 9.22. The molecule has 0 heterocycles. The van der Waals surface area contributed by atoms with Crippen LogP contribution >= 0.6 is 0 Å². The zero-order valence-corrected chi connectivity index (χ0v) is 9.70. The molecule has 0 amide bonds. The van der Waals surface area contributed by atoms with Gasteiger partial charge < -0.3 is 4.74 Å². The number of benzene rings is 1. The van der Waals surface area contributed by atoms with Gasteiger partial charge in [0.05, 0.1) is 6.61 Å². The molecule has 1 heteroatoms. The second-order valence-electron chi connectivity index (χ2n) is 3.36. The van der Waals surface area contributed by atoms with Crippen molar-refractivity contribution in [3.8, 4) is 0 Å². The molecule has 1 nitrogen and oxygen atoms in total. The summed E-state index contributed by atoms with van der Waals surface area (Å²) in [5, 5.41) is 0. The lowest BCUT2D eigenvalue weighted by molar-refractivity contribution is 0.234. The molecule has 0 bridgehead atoms. The predicted octanol–water partition coefficient (Wildman–Crippen LogP) is 3.62. The molecule has 0 radical (unpaired) electrons. The highest BCUT2D eigenvalue weighted by Crippen LogP contribution is 2.04. The van der Waals surface area contributed by atoms with Crippen LogP contribution in [0.25, 0.3) is 0 Å². The average molecular weight is 204 g/mol. The van der Waals surface area contributed by atoms with Gasteiger partial charge in [-0.15, -0.1) is 6.58 Å². The Labute approximate surface area is 93.1 Å². The molecule has 0 aliphatic carbocycles. The molecule has 0 spiro atoms. The van der Waals surface area contributed by atoms with Gasteiger partial charge in [-0.05, 0) is 18.9 Å². The van der Waals surface area contributed by atoms with Gasteiger partial charge >= 0.3 is 0 Å². The van der Waals surface area contributed by atoms with E-state index in [0.29, 0.717) is 6.61 Å². The van der Waals surface area contributed by atoms with Gasteiger partial charge in [0.1, 0.15) is 0 Å². The van der Waals surface area contributed by atoms with E-state index >= 15 is 0 Å². The van der Waals surface area contributed by atoms with Crippen molar-refractivity contribution >= 4 is 0 Å². The average Bonchev–Trinajstić information content (AvgIpc) is 2.20. The van der Waals surface area contributed by atoms with E-state index in [0.717, 1.165) is 6.42 Å². The van der Waals surface area contributed by atoms with E-state index in [1.807, 2.05) is 13.0 Å². The quantitative estimate of drug-likeness (QED) is 0.681. The van der Waals surface area contributed by atoms with Gasteiger partial charge in [0.25, 0.3) is 0 Å². The fourth-order valence-corrected chi connectivity index (χ4v) is 1.06. The fourth-order valence-electron chi connectivity index (χ4n) is 1.06. The highest BCUT2D eigenvalue weighted by Gasteiger charge is 1.88. The van der Waals surface area contributed by atoms with Gasteiger partial charge in [-0.2, -0.15) is 0 Å². The predicted molar refractivity (Wildman–Crippen MR) is 67.0 cm³/mol. The standard InChI is InChI=1S/C10H12.C4H8O/c1-9(2)8-10-6-4-3-5-7-10;1-3-4-5-2/h3-7H,1,8H2,2H3;3H,1,4H2,2H3. The van der Waals surface area contributed by atoms with Crippen molar-refractivity contribution < 1.29 is 4.74 Å². The van der Waals surface area contributed by atoms with Crippen LogP contribution in [0.1, 0.15) is 12.5 Å². The number of hydrogen-bond acceptors (Lipinski definition) is 1. The summed E-state index contributed by atoms with van der Waals surface area (Å²) in [6.07, 6.45) is 2.71. The van der Waals surface area contributed by atoms with Crippen LogP contribution < -0.4 is 0 Å². The van der Waals surface area contributed by atoms with Gasteiger partial charge in [0.15, 0.2) is 0 Å². The maximum Gasteiger partial charge on any atom is 0.0641 e. The summed E-state index contributed by atoms with van der Waals surface area (Å²) in [5.74, 6) is 0. The Bertz CT molecular complexity index is 275. The van der Waals surface area contributed by atoms with Gasteiger partial charge in [0, 0.05) is 7.11 Å². The highest BCUT2D eigenvalue weighted by atomic mass is 16.5. The molecule has 0 N–H and O–H groups in total. The Morgan fingerprint density at radius 1 is 1.33 bits per heavy atom. The Hall–Kier alpha value is -1.34. The van der Waals surface area contributed by atoms with Gasteiger partial charge in [-0.25, -0.2) is 0 Å². The van der Waals surface area contributed by atoms with Crippen LogP contribution in [-0.2, 0) is 11.2 Å². The molecule has 0 atom stereocenters. The third kappa shape index (κ3) is 8.98. The van der Waals surface area contributed by atoms with Gasteiger partial charge in [-0.3, -0.25) is 0 Å². The van der Waals surface area contributed by atoms with Crippen LogP contribution in [0.5, 0.6) is 0 Å². The molecule has 0 aliphatic heterocycles. The lowest BCUT2D eigenvalue weighted by atomic mass is 10.1. The SMILES string of the molecule is C=C(C)Cc1ccccc1.C=CCOC. The number of hydrogen-bond donors (Lipinski definition) is 0. The maximum atomic E-state index is 4.57. The van der Waals surface area contributed by atoms with Crippen LogP contribution in [0.4, 0.5) is 0 Å². The number of rotatable bonds is 4. The van der Waals surface area contributed by atoms with Crippen molar-refractivity contribution in [1.29, 1.82) is 0 Å². The van der Waals surface area contributed by atoms with E-state index < -0.39 is 0 Å². The molecule has 0 aromatic heterocycles. The molecule has 82 valence electrons. The zero-order valence-electron chi connectivity index (χ0n) is 9.70. The van der Waals surface area contributed by atoms with Gasteiger partial charge in [0.2, 0.25) is 0 Å². The summed E-state index contributed by atoms with van der Waals surface area (Å²) in [5.41, 5.74) is 2.56. The minimum absolute atomic E-state index is 0.653. The number of allylic oxidation sites excluding steroid dienone is 1. The fraction of sp³-hybridized carbons (Fsp3) is 0.286. The number of methoxy groups -OCH3 is 1. The summed E-state index contributed by atoms with van der Waals surface area (Å²) in [6, 6.07) is 10.4. The second-order valence-corrected chi connectivity index (χ2v) is 3.36. The lowest BCUT2D eigenvalue weighted by Gasteiger charge is -1.97. The molecule has 0 fully saturated rings. The normalized spacial score (nSPS) is 8.67. The summed E-state index contributed by atoms with van der Waals surface area (Å²) in [7, 11) is 1.64. The van der Waals surface area contributed by atoms with Crippen LogP contribution in [0.2, 0.25) is 0 Å². The van der Waals surface area contributed by atoms with Crippen molar-refractivity contribution in [2.45, 2.75) is 13.3 Å². The van der Waals surface area contributed by atoms with E-state index in [2.05, 4.69) is 42.2 Å².